The predicted octanol–water partition coefficient (Wildman–Crippen LogP) is 1.34. The van der Waals surface area contributed by atoms with E-state index in [1.54, 1.807) is 11.9 Å². The van der Waals surface area contributed by atoms with Crippen molar-refractivity contribution in [3.8, 4) is 0 Å². The quantitative estimate of drug-likeness (QED) is 0.745. The van der Waals surface area contributed by atoms with E-state index in [1.807, 2.05) is 6.92 Å². The number of nitrogens with one attached hydrogen (secondary N) is 1. The largest absolute Gasteiger partial charge is 0.394 e. The Morgan fingerprint density at radius 1 is 1.40 bits per heavy atom. The molecular weight excluding hydrogens is 192 g/mol. The summed E-state index contributed by atoms with van der Waals surface area (Å²) in [5, 5.41) is 12.4. The molecule has 1 rings (SSSR count). The first-order chi connectivity index (χ1) is 7.13. The van der Waals surface area contributed by atoms with Crippen LogP contribution in [0, 0.1) is 0 Å². The summed E-state index contributed by atoms with van der Waals surface area (Å²) in [6, 6.07) is -0.0755. The fourth-order valence-corrected chi connectivity index (χ4v) is 2.02. The van der Waals surface area contributed by atoms with Gasteiger partial charge in [-0.2, -0.15) is 0 Å². The lowest BCUT2D eigenvalue weighted by Gasteiger charge is -2.37. The van der Waals surface area contributed by atoms with Crippen molar-refractivity contribution in [1.29, 1.82) is 0 Å². The zero-order valence-corrected chi connectivity index (χ0v) is 9.75. The molecule has 0 aromatic heterocycles. The average Bonchev–Trinajstić information content (AvgIpc) is 2.29. The first-order valence-electron chi connectivity index (χ1n) is 5.78. The normalized spacial score (nSPS) is 19.7. The molecule has 0 radical (unpaired) electrons. The van der Waals surface area contributed by atoms with Crippen molar-refractivity contribution in [2.24, 2.45) is 0 Å². The standard InChI is InChI=1S/C11H22N2O2/c1-3-13(2)10(15)12-11(9-14)7-5-4-6-8-11/h14H,3-9H2,1-2H3,(H,12,15). The molecule has 0 unspecified atom stereocenters. The Labute approximate surface area is 91.6 Å². The molecular formula is C11H22N2O2. The van der Waals surface area contributed by atoms with Crippen LogP contribution in [-0.4, -0.2) is 41.8 Å². The molecule has 0 aromatic carbocycles. The lowest BCUT2D eigenvalue weighted by molar-refractivity contribution is 0.117. The maximum atomic E-state index is 11.7. The Morgan fingerprint density at radius 3 is 2.47 bits per heavy atom. The van der Waals surface area contributed by atoms with Crippen LogP contribution in [-0.2, 0) is 0 Å². The number of hydrogen-bond donors (Lipinski definition) is 2. The number of aliphatic hydroxyl groups excluding tert-OH is 1. The van der Waals surface area contributed by atoms with E-state index in [0.29, 0.717) is 6.54 Å². The lowest BCUT2D eigenvalue weighted by atomic mass is 9.82. The Morgan fingerprint density at radius 2 is 2.00 bits per heavy atom. The number of amides is 2. The van der Waals surface area contributed by atoms with E-state index in [9.17, 15) is 9.90 Å². The number of carbonyl (C=O) groups excluding carboxylic acids is 1. The van der Waals surface area contributed by atoms with E-state index in [0.717, 1.165) is 25.7 Å². The van der Waals surface area contributed by atoms with E-state index < -0.39 is 0 Å². The fraction of sp³-hybridized carbons (Fsp3) is 0.909. The summed E-state index contributed by atoms with van der Waals surface area (Å²) in [7, 11) is 1.77. The highest BCUT2D eigenvalue weighted by Gasteiger charge is 2.33. The second-order valence-corrected chi connectivity index (χ2v) is 4.44. The smallest absolute Gasteiger partial charge is 0.317 e. The van der Waals surface area contributed by atoms with Crippen LogP contribution >= 0.6 is 0 Å². The van der Waals surface area contributed by atoms with Gasteiger partial charge < -0.3 is 15.3 Å². The highest BCUT2D eigenvalue weighted by molar-refractivity contribution is 5.74. The van der Waals surface area contributed by atoms with Gasteiger partial charge in [-0.25, -0.2) is 4.79 Å². The zero-order valence-electron chi connectivity index (χ0n) is 9.75. The summed E-state index contributed by atoms with van der Waals surface area (Å²) >= 11 is 0. The van der Waals surface area contributed by atoms with Gasteiger partial charge in [0, 0.05) is 13.6 Å². The van der Waals surface area contributed by atoms with E-state index in [4.69, 9.17) is 0 Å². The van der Waals surface area contributed by atoms with Crippen LogP contribution in [0.3, 0.4) is 0 Å². The van der Waals surface area contributed by atoms with E-state index in [2.05, 4.69) is 5.32 Å². The summed E-state index contributed by atoms with van der Waals surface area (Å²) in [6.45, 7) is 2.68. The average molecular weight is 214 g/mol. The topological polar surface area (TPSA) is 52.6 Å². The van der Waals surface area contributed by atoms with Gasteiger partial charge in [-0.3, -0.25) is 0 Å². The van der Waals surface area contributed by atoms with Gasteiger partial charge in [0.2, 0.25) is 0 Å². The molecule has 0 atom stereocenters. The lowest BCUT2D eigenvalue weighted by Crippen LogP contribution is -2.55. The van der Waals surface area contributed by atoms with Crippen LogP contribution in [0.2, 0.25) is 0 Å². The van der Waals surface area contributed by atoms with Gasteiger partial charge in [-0.1, -0.05) is 19.3 Å². The van der Waals surface area contributed by atoms with Gasteiger partial charge in [0.25, 0.3) is 0 Å². The second kappa shape index (κ2) is 5.35. The summed E-state index contributed by atoms with van der Waals surface area (Å²) in [5.41, 5.74) is -0.362. The van der Waals surface area contributed by atoms with Gasteiger partial charge in [0.1, 0.15) is 0 Å². The van der Waals surface area contributed by atoms with Crippen molar-refractivity contribution in [2.75, 3.05) is 20.2 Å². The van der Waals surface area contributed by atoms with Crippen molar-refractivity contribution in [2.45, 2.75) is 44.6 Å². The minimum atomic E-state index is -0.362. The molecule has 88 valence electrons. The van der Waals surface area contributed by atoms with Crippen molar-refractivity contribution in [1.82, 2.24) is 10.2 Å². The van der Waals surface area contributed by atoms with E-state index in [-0.39, 0.29) is 18.2 Å². The van der Waals surface area contributed by atoms with Crippen molar-refractivity contribution < 1.29 is 9.90 Å². The van der Waals surface area contributed by atoms with Crippen LogP contribution in [0.1, 0.15) is 39.0 Å². The zero-order chi connectivity index (χ0) is 11.3. The number of rotatable bonds is 3. The molecule has 4 heteroatoms. The molecule has 0 aliphatic heterocycles. The van der Waals surface area contributed by atoms with Gasteiger partial charge in [-0.15, -0.1) is 0 Å². The SMILES string of the molecule is CCN(C)C(=O)NC1(CO)CCCCC1. The third kappa shape index (κ3) is 3.09. The number of aliphatic hydroxyl groups is 1. The number of hydrogen-bond acceptors (Lipinski definition) is 2. The minimum absolute atomic E-state index is 0.0519. The minimum Gasteiger partial charge on any atom is -0.394 e. The maximum absolute atomic E-state index is 11.7. The van der Waals surface area contributed by atoms with Gasteiger partial charge in [0.15, 0.2) is 0 Å². The highest BCUT2D eigenvalue weighted by Crippen LogP contribution is 2.27. The summed E-state index contributed by atoms with van der Waals surface area (Å²) in [6.07, 6.45) is 5.19. The van der Waals surface area contributed by atoms with Crippen LogP contribution in [0.15, 0.2) is 0 Å². The highest BCUT2D eigenvalue weighted by atomic mass is 16.3. The molecule has 1 saturated carbocycles. The fourth-order valence-electron chi connectivity index (χ4n) is 2.02. The molecule has 2 N–H and O–H groups in total. The molecule has 0 spiro atoms. The maximum Gasteiger partial charge on any atom is 0.317 e. The van der Waals surface area contributed by atoms with Crippen molar-refractivity contribution >= 4 is 6.03 Å². The Balaban J connectivity index is 2.55. The van der Waals surface area contributed by atoms with Crippen LogP contribution < -0.4 is 5.32 Å². The first-order valence-corrected chi connectivity index (χ1v) is 5.78. The summed E-state index contributed by atoms with van der Waals surface area (Å²) in [4.78, 5) is 13.3. The van der Waals surface area contributed by atoms with Gasteiger partial charge >= 0.3 is 6.03 Å². The number of nitrogens with zero attached hydrogens (tertiary/aromatic N) is 1. The molecule has 0 aromatic rings. The molecule has 0 heterocycles. The van der Waals surface area contributed by atoms with Crippen molar-refractivity contribution in [3.63, 3.8) is 0 Å². The number of carbonyl (C=O) groups is 1. The third-order valence-electron chi connectivity index (χ3n) is 3.31. The van der Waals surface area contributed by atoms with E-state index in [1.165, 1.54) is 6.42 Å². The monoisotopic (exact) mass is 214 g/mol. The number of urea groups is 1. The Bertz CT molecular complexity index is 213. The molecule has 0 saturated heterocycles. The molecule has 1 fully saturated rings. The summed E-state index contributed by atoms with van der Waals surface area (Å²) < 4.78 is 0. The molecule has 1 aliphatic rings. The van der Waals surface area contributed by atoms with Gasteiger partial charge in [0.05, 0.1) is 12.1 Å². The molecule has 2 amide bonds. The Hall–Kier alpha value is -0.770. The van der Waals surface area contributed by atoms with Crippen LogP contribution in [0.25, 0.3) is 0 Å². The van der Waals surface area contributed by atoms with Gasteiger partial charge in [-0.05, 0) is 19.8 Å². The van der Waals surface area contributed by atoms with Crippen LogP contribution in [0.5, 0.6) is 0 Å². The molecule has 15 heavy (non-hydrogen) atoms. The predicted molar refractivity (Wildman–Crippen MR) is 59.7 cm³/mol. The second-order valence-electron chi connectivity index (χ2n) is 4.44. The molecule has 1 aliphatic carbocycles. The third-order valence-corrected chi connectivity index (χ3v) is 3.31. The van der Waals surface area contributed by atoms with E-state index >= 15 is 0 Å². The first kappa shape index (κ1) is 12.3. The Kier molecular flexibility index (Phi) is 4.39. The van der Waals surface area contributed by atoms with Crippen LogP contribution in [0.4, 0.5) is 4.79 Å². The van der Waals surface area contributed by atoms with Crippen molar-refractivity contribution in [3.05, 3.63) is 0 Å². The molecule has 4 nitrogen and oxygen atoms in total. The summed E-state index contributed by atoms with van der Waals surface area (Å²) in [5.74, 6) is 0. The molecule has 0 bridgehead atoms.